The molecule has 18 heavy (non-hydrogen) atoms. The third-order valence-electron chi connectivity index (χ3n) is 4.47. The number of aliphatic hydroxyl groups is 1. The summed E-state index contributed by atoms with van der Waals surface area (Å²) >= 11 is 0. The predicted molar refractivity (Wildman–Crippen MR) is 77.8 cm³/mol. The lowest BCUT2D eigenvalue weighted by molar-refractivity contribution is 0.0426. The number of nitrogens with zero attached hydrogens (tertiary/aromatic N) is 1. The van der Waals surface area contributed by atoms with Crippen molar-refractivity contribution in [1.29, 1.82) is 0 Å². The second-order valence-electron chi connectivity index (χ2n) is 6.89. The first-order valence-electron chi connectivity index (χ1n) is 7.45. The van der Waals surface area contributed by atoms with Crippen molar-refractivity contribution in [3.05, 3.63) is 0 Å². The van der Waals surface area contributed by atoms with Gasteiger partial charge in [0.05, 0.1) is 5.60 Å². The Labute approximate surface area is 113 Å². The van der Waals surface area contributed by atoms with Crippen LogP contribution in [0.3, 0.4) is 0 Å². The summed E-state index contributed by atoms with van der Waals surface area (Å²) in [5.74, 6) is 0. The Hall–Kier alpha value is -0.120. The van der Waals surface area contributed by atoms with Gasteiger partial charge in [-0.05, 0) is 51.6 Å². The average molecular weight is 256 g/mol. The van der Waals surface area contributed by atoms with Gasteiger partial charge in [-0.1, -0.05) is 20.8 Å². The van der Waals surface area contributed by atoms with Crippen LogP contribution in [-0.4, -0.2) is 47.8 Å². The number of hydrogen-bond donors (Lipinski definition) is 2. The molecule has 2 atom stereocenters. The summed E-state index contributed by atoms with van der Waals surface area (Å²) in [5.41, 5.74) is -0.182. The van der Waals surface area contributed by atoms with E-state index in [0.29, 0.717) is 6.04 Å². The largest absolute Gasteiger partial charge is 0.390 e. The number of rotatable bonds is 5. The van der Waals surface area contributed by atoms with Crippen LogP contribution in [0.4, 0.5) is 0 Å². The summed E-state index contributed by atoms with van der Waals surface area (Å²) in [5, 5.41) is 13.7. The first-order valence-corrected chi connectivity index (χ1v) is 7.45. The van der Waals surface area contributed by atoms with E-state index < -0.39 is 5.60 Å². The zero-order valence-corrected chi connectivity index (χ0v) is 12.9. The molecule has 2 N–H and O–H groups in total. The Bertz CT molecular complexity index is 251. The maximum absolute atomic E-state index is 10.1. The fraction of sp³-hybridized carbons (Fsp3) is 1.00. The van der Waals surface area contributed by atoms with E-state index in [1.54, 1.807) is 0 Å². The highest BCUT2D eigenvalue weighted by atomic mass is 16.3. The molecule has 1 heterocycles. The highest BCUT2D eigenvalue weighted by Crippen LogP contribution is 2.26. The van der Waals surface area contributed by atoms with Crippen molar-refractivity contribution >= 4 is 0 Å². The Kier molecular flexibility index (Phi) is 5.63. The molecule has 2 unspecified atom stereocenters. The van der Waals surface area contributed by atoms with E-state index in [-0.39, 0.29) is 5.41 Å². The molecule has 0 spiro atoms. The normalized spacial score (nSPS) is 29.0. The molecular formula is C15H32N2O. The minimum Gasteiger partial charge on any atom is -0.390 e. The minimum atomic E-state index is -0.452. The molecule has 0 saturated carbocycles. The summed E-state index contributed by atoms with van der Waals surface area (Å²) in [6.45, 7) is 15.4. The first kappa shape index (κ1) is 15.9. The van der Waals surface area contributed by atoms with Crippen LogP contribution in [0.15, 0.2) is 0 Å². The van der Waals surface area contributed by atoms with E-state index in [2.05, 4.69) is 37.9 Å². The predicted octanol–water partition coefficient (Wildman–Crippen LogP) is 2.25. The van der Waals surface area contributed by atoms with Crippen molar-refractivity contribution in [3.8, 4) is 0 Å². The SMILES string of the molecule is CCNC(C)C(C)(C)CN1CCCC(C)(O)CC1. The van der Waals surface area contributed by atoms with Gasteiger partial charge in [-0.15, -0.1) is 0 Å². The second kappa shape index (κ2) is 6.36. The summed E-state index contributed by atoms with van der Waals surface area (Å²) < 4.78 is 0. The van der Waals surface area contributed by atoms with Crippen molar-refractivity contribution in [3.63, 3.8) is 0 Å². The molecule has 0 aliphatic carbocycles. The standard InChI is InChI=1S/C15H32N2O/c1-6-16-13(2)14(3,4)12-17-10-7-8-15(5,18)9-11-17/h13,16,18H,6-12H2,1-5H3. The fourth-order valence-corrected chi connectivity index (χ4v) is 2.77. The lowest BCUT2D eigenvalue weighted by Gasteiger charge is -2.37. The van der Waals surface area contributed by atoms with Gasteiger partial charge in [-0.3, -0.25) is 0 Å². The zero-order chi connectivity index (χ0) is 13.8. The Morgan fingerprint density at radius 1 is 1.33 bits per heavy atom. The van der Waals surface area contributed by atoms with E-state index in [1.807, 2.05) is 6.92 Å². The molecule has 0 amide bonds. The van der Waals surface area contributed by atoms with Gasteiger partial charge in [0.15, 0.2) is 0 Å². The van der Waals surface area contributed by atoms with Crippen LogP contribution in [0.25, 0.3) is 0 Å². The fourth-order valence-electron chi connectivity index (χ4n) is 2.77. The summed E-state index contributed by atoms with van der Waals surface area (Å²) in [4.78, 5) is 2.52. The number of likely N-dealkylation sites (tertiary alicyclic amines) is 1. The molecule has 3 heteroatoms. The number of nitrogens with one attached hydrogen (secondary N) is 1. The molecule has 1 saturated heterocycles. The molecule has 1 fully saturated rings. The summed E-state index contributed by atoms with van der Waals surface area (Å²) in [6, 6.07) is 0.520. The van der Waals surface area contributed by atoms with E-state index in [9.17, 15) is 5.11 Å². The average Bonchev–Trinajstić information content (AvgIpc) is 2.40. The second-order valence-corrected chi connectivity index (χ2v) is 6.89. The zero-order valence-electron chi connectivity index (χ0n) is 12.9. The molecule has 3 nitrogen and oxygen atoms in total. The Balaban J connectivity index is 2.51. The van der Waals surface area contributed by atoms with Crippen molar-refractivity contribution in [1.82, 2.24) is 10.2 Å². The Morgan fingerprint density at radius 3 is 2.61 bits per heavy atom. The quantitative estimate of drug-likeness (QED) is 0.792. The monoisotopic (exact) mass is 256 g/mol. The van der Waals surface area contributed by atoms with Gasteiger partial charge in [0.2, 0.25) is 0 Å². The van der Waals surface area contributed by atoms with Crippen LogP contribution >= 0.6 is 0 Å². The third-order valence-corrected chi connectivity index (χ3v) is 4.47. The Morgan fingerprint density at radius 2 is 2.00 bits per heavy atom. The van der Waals surface area contributed by atoms with Gasteiger partial charge in [0.1, 0.15) is 0 Å². The van der Waals surface area contributed by atoms with Gasteiger partial charge in [0, 0.05) is 19.1 Å². The first-order chi connectivity index (χ1) is 8.27. The molecule has 0 radical (unpaired) electrons. The smallest absolute Gasteiger partial charge is 0.0632 e. The van der Waals surface area contributed by atoms with Crippen molar-refractivity contribution < 1.29 is 5.11 Å². The highest BCUT2D eigenvalue weighted by Gasteiger charge is 2.31. The maximum Gasteiger partial charge on any atom is 0.0632 e. The highest BCUT2D eigenvalue weighted by molar-refractivity contribution is 4.86. The molecule has 1 rings (SSSR count). The lowest BCUT2D eigenvalue weighted by Crippen LogP contribution is -2.47. The number of hydrogen-bond acceptors (Lipinski definition) is 3. The van der Waals surface area contributed by atoms with E-state index in [4.69, 9.17) is 0 Å². The summed E-state index contributed by atoms with van der Waals surface area (Å²) in [7, 11) is 0. The lowest BCUT2D eigenvalue weighted by atomic mass is 9.84. The summed E-state index contributed by atoms with van der Waals surface area (Å²) in [6.07, 6.45) is 2.95. The van der Waals surface area contributed by atoms with Crippen molar-refractivity contribution in [2.24, 2.45) is 5.41 Å². The van der Waals surface area contributed by atoms with Gasteiger partial charge in [-0.2, -0.15) is 0 Å². The van der Waals surface area contributed by atoms with Crippen LogP contribution < -0.4 is 5.32 Å². The molecule has 1 aliphatic rings. The van der Waals surface area contributed by atoms with Crippen LogP contribution in [0.5, 0.6) is 0 Å². The van der Waals surface area contributed by atoms with Gasteiger partial charge in [0.25, 0.3) is 0 Å². The molecule has 0 aromatic heterocycles. The van der Waals surface area contributed by atoms with Crippen LogP contribution in [-0.2, 0) is 0 Å². The van der Waals surface area contributed by atoms with E-state index in [0.717, 1.165) is 45.4 Å². The third kappa shape index (κ3) is 4.87. The van der Waals surface area contributed by atoms with E-state index in [1.165, 1.54) is 0 Å². The van der Waals surface area contributed by atoms with Crippen molar-refractivity contribution in [2.45, 2.75) is 65.5 Å². The molecular weight excluding hydrogens is 224 g/mol. The molecule has 0 aromatic rings. The minimum absolute atomic E-state index is 0.270. The molecule has 0 aromatic carbocycles. The van der Waals surface area contributed by atoms with Crippen LogP contribution in [0, 0.1) is 5.41 Å². The molecule has 0 bridgehead atoms. The van der Waals surface area contributed by atoms with Gasteiger partial charge in [-0.25, -0.2) is 0 Å². The molecule has 1 aliphatic heterocycles. The topological polar surface area (TPSA) is 35.5 Å². The van der Waals surface area contributed by atoms with Crippen LogP contribution in [0.1, 0.15) is 53.9 Å². The maximum atomic E-state index is 10.1. The molecule has 108 valence electrons. The van der Waals surface area contributed by atoms with E-state index >= 15 is 0 Å². The van der Waals surface area contributed by atoms with Gasteiger partial charge < -0.3 is 15.3 Å². The van der Waals surface area contributed by atoms with Gasteiger partial charge >= 0.3 is 0 Å². The van der Waals surface area contributed by atoms with Crippen molar-refractivity contribution in [2.75, 3.05) is 26.2 Å². The van der Waals surface area contributed by atoms with Crippen LogP contribution in [0.2, 0.25) is 0 Å².